The van der Waals surface area contributed by atoms with Gasteiger partial charge in [-0.15, -0.1) is 0 Å². The Bertz CT molecular complexity index is 556. The van der Waals surface area contributed by atoms with Gasteiger partial charge in [0.1, 0.15) is 0 Å². The molecule has 0 fully saturated rings. The molecule has 0 aliphatic carbocycles. The van der Waals surface area contributed by atoms with Crippen molar-refractivity contribution in [3.05, 3.63) is 54.2 Å². The lowest BCUT2D eigenvalue weighted by atomic mass is 10.1. The Morgan fingerprint density at radius 1 is 1.21 bits per heavy atom. The maximum absolute atomic E-state index is 11.3. The highest BCUT2D eigenvalue weighted by atomic mass is 16.5. The average Bonchev–Trinajstić information content (AvgIpc) is 2.45. The zero-order chi connectivity index (χ0) is 13.7. The minimum atomic E-state index is -1.12. The smallest absolute Gasteiger partial charge is 0.349 e. The predicted octanol–water partition coefficient (Wildman–Crippen LogP) is 2.29. The van der Waals surface area contributed by atoms with Crippen LogP contribution in [0.25, 0.3) is 0 Å². The number of carboxylic acid groups (broad SMARTS) is 1. The lowest BCUT2D eigenvalue weighted by molar-refractivity contribution is -0.145. The molecule has 0 saturated heterocycles. The fraction of sp³-hybridized carbons (Fsp3) is 0.143. The third-order valence-electron chi connectivity index (χ3n) is 2.51. The highest BCUT2D eigenvalue weighted by Gasteiger charge is 2.23. The molecule has 0 radical (unpaired) electrons. The summed E-state index contributed by atoms with van der Waals surface area (Å²) >= 11 is 0. The topological polar surface area (TPSA) is 68.7 Å². The second-order valence-electron chi connectivity index (χ2n) is 3.76. The molecule has 0 spiro atoms. The van der Waals surface area contributed by atoms with Gasteiger partial charge in [0, 0.05) is 11.8 Å². The highest BCUT2D eigenvalue weighted by Crippen LogP contribution is 2.28. The van der Waals surface area contributed by atoms with Crippen LogP contribution in [0.3, 0.4) is 0 Å². The van der Waals surface area contributed by atoms with Gasteiger partial charge in [0.05, 0.1) is 7.11 Å². The lowest BCUT2D eigenvalue weighted by Crippen LogP contribution is -2.18. The van der Waals surface area contributed by atoms with Crippen molar-refractivity contribution in [2.75, 3.05) is 7.11 Å². The van der Waals surface area contributed by atoms with Gasteiger partial charge in [-0.1, -0.05) is 30.3 Å². The molecule has 0 bridgehead atoms. The summed E-state index contributed by atoms with van der Waals surface area (Å²) < 4.78 is 10.5. The van der Waals surface area contributed by atoms with E-state index in [1.807, 2.05) is 6.07 Å². The van der Waals surface area contributed by atoms with Crippen LogP contribution in [0.2, 0.25) is 0 Å². The quantitative estimate of drug-likeness (QED) is 0.892. The molecule has 1 atom stereocenters. The van der Waals surface area contributed by atoms with Crippen LogP contribution < -0.4 is 9.47 Å². The first-order valence-electron chi connectivity index (χ1n) is 5.66. The number of ether oxygens (including phenoxy) is 2. The summed E-state index contributed by atoms with van der Waals surface area (Å²) in [7, 11) is 1.47. The summed E-state index contributed by atoms with van der Waals surface area (Å²) in [6.45, 7) is 0. The Morgan fingerprint density at radius 2 is 1.95 bits per heavy atom. The molecule has 5 heteroatoms. The molecule has 5 nitrogen and oxygen atoms in total. The number of aromatic nitrogens is 1. The van der Waals surface area contributed by atoms with Crippen LogP contribution in [0.15, 0.2) is 48.7 Å². The minimum Gasteiger partial charge on any atom is -0.491 e. The first-order valence-corrected chi connectivity index (χ1v) is 5.66. The van der Waals surface area contributed by atoms with Crippen molar-refractivity contribution in [3.8, 4) is 11.6 Å². The van der Waals surface area contributed by atoms with Crippen LogP contribution in [0, 0.1) is 0 Å². The van der Waals surface area contributed by atoms with Gasteiger partial charge >= 0.3 is 5.97 Å². The molecule has 98 valence electrons. The SMILES string of the molecule is COc1cccnc1OC(C(=O)O)c1ccccc1. The number of methoxy groups -OCH3 is 1. The summed E-state index contributed by atoms with van der Waals surface area (Å²) in [4.78, 5) is 15.3. The first-order chi connectivity index (χ1) is 9.22. The number of pyridine rings is 1. The van der Waals surface area contributed by atoms with E-state index < -0.39 is 12.1 Å². The van der Waals surface area contributed by atoms with E-state index in [2.05, 4.69) is 4.98 Å². The van der Waals surface area contributed by atoms with E-state index in [1.54, 1.807) is 36.4 Å². The molecule has 1 aromatic carbocycles. The number of hydrogen-bond acceptors (Lipinski definition) is 4. The Hall–Kier alpha value is -2.56. The van der Waals surface area contributed by atoms with Crippen LogP contribution in [-0.4, -0.2) is 23.2 Å². The largest absolute Gasteiger partial charge is 0.491 e. The van der Waals surface area contributed by atoms with E-state index in [-0.39, 0.29) is 5.88 Å². The van der Waals surface area contributed by atoms with Crippen molar-refractivity contribution < 1.29 is 19.4 Å². The van der Waals surface area contributed by atoms with Crippen LogP contribution in [0.4, 0.5) is 0 Å². The Labute approximate surface area is 110 Å². The summed E-state index contributed by atoms with van der Waals surface area (Å²) in [6.07, 6.45) is 0.395. The van der Waals surface area contributed by atoms with Crippen molar-refractivity contribution in [2.24, 2.45) is 0 Å². The zero-order valence-corrected chi connectivity index (χ0v) is 10.3. The molecule has 1 heterocycles. The van der Waals surface area contributed by atoms with Gasteiger partial charge < -0.3 is 14.6 Å². The van der Waals surface area contributed by atoms with E-state index in [9.17, 15) is 9.90 Å². The normalized spacial score (nSPS) is 11.6. The third kappa shape index (κ3) is 3.01. The molecule has 0 saturated carbocycles. The highest BCUT2D eigenvalue weighted by molar-refractivity contribution is 5.74. The van der Waals surface area contributed by atoms with Gasteiger partial charge in [-0.3, -0.25) is 0 Å². The maximum atomic E-state index is 11.3. The van der Waals surface area contributed by atoms with Crippen molar-refractivity contribution in [3.63, 3.8) is 0 Å². The number of aliphatic carboxylic acids is 1. The van der Waals surface area contributed by atoms with Crippen molar-refractivity contribution >= 4 is 5.97 Å². The van der Waals surface area contributed by atoms with Crippen molar-refractivity contribution in [1.29, 1.82) is 0 Å². The van der Waals surface area contributed by atoms with Crippen LogP contribution in [-0.2, 0) is 4.79 Å². The number of carboxylic acids is 1. The second-order valence-corrected chi connectivity index (χ2v) is 3.76. The maximum Gasteiger partial charge on any atom is 0.349 e. The van der Waals surface area contributed by atoms with Crippen LogP contribution in [0.1, 0.15) is 11.7 Å². The predicted molar refractivity (Wildman–Crippen MR) is 68.2 cm³/mol. The zero-order valence-electron chi connectivity index (χ0n) is 10.3. The molecule has 0 amide bonds. The van der Waals surface area contributed by atoms with Gasteiger partial charge in [-0.25, -0.2) is 9.78 Å². The Kier molecular flexibility index (Phi) is 3.97. The fourth-order valence-electron chi connectivity index (χ4n) is 1.62. The van der Waals surface area contributed by atoms with E-state index in [0.717, 1.165) is 0 Å². The fourth-order valence-corrected chi connectivity index (χ4v) is 1.62. The first kappa shape index (κ1) is 12.9. The van der Waals surface area contributed by atoms with E-state index in [0.29, 0.717) is 11.3 Å². The molecule has 0 aliphatic heterocycles. The third-order valence-corrected chi connectivity index (χ3v) is 2.51. The second kappa shape index (κ2) is 5.86. The van der Waals surface area contributed by atoms with Gasteiger partial charge in [0.25, 0.3) is 5.88 Å². The van der Waals surface area contributed by atoms with E-state index in [4.69, 9.17) is 9.47 Å². The standard InChI is InChI=1S/C14H13NO4/c1-18-11-8-5-9-15-13(11)19-12(14(16)17)10-6-3-2-4-7-10/h2-9,12H,1H3,(H,16,17). The summed E-state index contributed by atoms with van der Waals surface area (Å²) in [6, 6.07) is 12.0. The van der Waals surface area contributed by atoms with Crippen LogP contribution >= 0.6 is 0 Å². The van der Waals surface area contributed by atoms with Gasteiger partial charge in [0.2, 0.25) is 6.10 Å². The number of rotatable bonds is 5. The van der Waals surface area contributed by atoms with E-state index in [1.165, 1.54) is 13.3 Å². The number of nitrogens with zero attached hydrogens (tertiary/aromatic N) is 1. The monoisotopic (exact) mass is 259 g/mol. The van der Waals surface area contributed by atoms with E-state index >= 15 is 0 Å². The van der Waals surface area contributed by atoms with Gasteiger partial charge in [-0.05, 0) is 12.1 Å². The molecule has 1 N–H and O–H groups in total. The number of hydrogen-bond donors (Lipinski definition) is 1. The van der Waals surface area contributed by atoms with Gasteiger partial charge in [0.15, 0.2) is 5.75 Å². The Balaban J connectivity index is 2.30. The molecule has 0 aliphatic rings. The minimum absolute atomic E-state index is 0.154. The summed E-state index contributed by atoms with van der Waals surface area (Å²) in [5, 5.41) is 9.26. The molecule has 19 heavy (non-hydrogen) atoms. The van der Waals surface area contributed by atoms with Gasteiger partial charge in [-0.2, -0.15) is 0 Å². The summed E-state index contributed by atoms with van der Waals surface area (Å²) in [5.74, 6) is -0.537. The Morgan fingerprint density at radius 3 is 2.58 bits per heavy atom. The lowest BCUT2D eigenvalue weighted by Gasteiger charge is -2.16. The molecule has 2 aromatic rings. The molecule has 1 aromatic heterocycles. The van der Waals surface area contributed by atoms with Crippen molar-refractivity contribution in [1.82, 2.24) is 4.98 Å². The number of benzene rings is 1. The molecule has 1 unspecified atom stereocenters. The molecular weight excluding hydrogens is 246 g/mol. The average molecular weight is 259 g/mol. The molecule has 2 rings (SSSR count). The van der Waals surface area contributed by atoms with Crippen LogP contribution in [0.5, 0.6) is 11.6 Å². The summed E-state index contributed by atoms with van der Waals surface area (Å²) in [5.41, 5.74) is 0.544. The number of carbonyl (C=O) groups is 1. The molecular formula is C14H13NO4. The van der Waals surface area contributed by atoms with Crippen molar-refractivity contribution in [2.45, 2.75) is 6.10 Å².